The molecule has 1 aliphatic rings. The lowest BCUT2D eigenvalue weighted by molar-refractivity contribution is -0.142. The van der Waals surface area contributed by atoms with E-state index in [4.69, 9.17) is 5.11 Å². The molecule has 112 valence electrons. The van der Waals surface area contributed by atoms with Crippen LogP contribution >= 0.6 is 11.3 Å². The molecular weight excluding hydrogens is 302 g/mol. The van der Waals surface area contributed by atoms with Crippen LogP contribution in [-0.4, -0.2) is 41.9 Å². The quantitative estimate of drug-likeness (QED) is 0.827. The number of rotatable bonds is 5. The summed E-state index contributed by atoms with van der Waals surface area (Å²) in [6.45, 7) is 2.56. The molecular formula is C11H17N3O4S2. The summed E-state index contributed by atoms with van der Waals surface area (Å²) in [6, 6.07) is 0. The van der Waals surface area contributed by atoms with Gasteiger partial charge in [-0.25, -0.2) is 4.98 Å². The van der Waals surface area contributed by atoms with Gasteiger partial charge in [-0.05, 0) is 19.8 Å². The minimum absolute atomic E-state index is 0.215. The first-order valence-electron chi connectivity index (χ1n) is 6.27. The van der Waals surface area contributed by atoms with Gasteiger partial charge in [0.15, 0.2) is 0 Å². The van der Waals surface area contributed by atoms with Gasteiger partial charge in [0, 0.05) is 30.7 Å². The van der Waals surface area contributed by atoms with E-state index in [1.54, 1.807) is 6.20 Å². The van der Waals surface area contributed by atoms with Crippen molar-refractivity contribution in [2.45, 2.75) is 26.3 Å². The molecule has 1 aliphatic heterocycles. The monoisotopic (exact) mass is 319 g/mol. The van der Waals surface area contributed by atoms with Crippen LogP contribution in [-0.2, 0) is 21.5 Å². The van der Waals surface area contributed by atoms with Crippen LogP contribution in [0.4, 0.5) is 0 Å². The van der Waals surface area contributed by atoms with E-state index in [1.807, 2.05) is 6.92 Å². The normalized spacial score (nSPS) is 18.2. The number of hydrogen-bond donors (Lipinski definition) is 2. The second-order valence-corrected chi connectivity index (χ2v) is 7.76. The molecule has 9 heteroatoms. The summed E-state index contributed by atoms with van der Waals surface area (Å²) in [6.07, 6.45) is 2.37. The molecule has 0 spiro atoms. The van der Waals surface area contributed by atoms with Crippen molar-refractivity contribution in [3.05, 3.63) is 16.1 Å². The first-order chi connectivity index (χ1) is 9.38. The van der Waals surface area contributed by atoms with Crippen molar-refractivity contribution in [3.63, 3.8) is 0 Å². The molecule has 1 aromatic heterocycles. The Morgan fingerprint density at radius 2 is 2.20 bits per heavy atom. The number of nitrogens with zero attached hydrogens (tertiary/aromatic N) is 2. The molecule has 2 rings (SSSR count). The van der Waals surface area contributed by atoms with E-state index in [2.05, 4.69) is 9.71 Å². The van der Waals surface area contributed by atoms with Crippen molar-refractivity contribution in [2.75, 3.05) is 13.1 Å². The van der Waals surface area contributed by atoms with Crippen LogP contribution in [0.3, 0.4) is 0 Å². The smallest absolute Gasteiger partial charge is 0.306 e. The lowest BCUT2D eigenvalue weighted by atomic mass is 9.99. The minimum Gasteiger partial charge on any atom is -0.481 e. The molecule has 0 unspecified atom stereocenters. The highest BCUT2D eigenvalue weighted by Crippen LogP contribution is 2.19. The zero-order valence-electron chi connectivity index (χ0n) is 11.1. The largest absolute Gasteiger partial charge is 0.481 e. The SMILES string of the molecule is Cc1ncc(CNS(=O)(=O)N2CCC(C(=O)O)CC2)s1. The van der Waals surface area contributed by atoms with Crippen LogP contribution < -0.4 is 4.72 Å². The first-order valence-corrected chi connectivity index (χ1v) is 8.53. The van der Waals surface area contributed by atoms with Crippen LogP contribution in [0.5, 0.6) is 0 Å². The Kier molecular flexibility index (Phi) is 4.74. The Morgan fingerprint density at radius 1 is 1.55 bits per heavy atom. The molecule has 0 amide bonds. The number of thiazole rings is 1. The summed E-state index contributed by atoms with van der Waals surface area (Å²) in [5.41, 5.74) is 0. The maximum atomic E-state index is 12.1. The van der Waals surface area contributed by atoms with Gasteiger partial charge in [0.2, 0.25) is 0 Å². The van der Waals surface area contributed by atoms with Crippen molar-refractivity contribution in [2.24, 2.45) is 5.92 Å². The average Bonchev–Trinajstić information content (AvgIpc) is 2.82. The zero-order chi connectivity index (χ0) is 14.8. The lowest BCUT2D eigenvalue weighted by Crippen LogP contribution is -2.45. The molecule has 2 heterocycles. The van der Waals surface area contributed by atoms with E-state index in [0.29, 0.717) is 12.8 Å². The van der Waals surface area contributed by atoms with Crippen LogP contribution in [0.15, 0.2) is 6.20 Å². The lowest BCUT2D eigenvalue weighted by Gasteiger charge is -2.29. The molecule has 0 aliphatic carbocycles. The highest BCUT2D eigenvalue weighted by atomic mass is 32.2. The second-order valence-electron chi connectivity index (χ2n) is 4.68. The fraction of sp³-hybridized carbons (Fsp3) is 0.636. The van der Waals surface area contributed by atoms with Gasteiger partial charge in [-0.2, -0.15) is 17.4 Å². The van der Waals surface area contributed by atoms with Gasteiger partial charge in [0.05, 0.1) is 10.9 Å². The third-order valence-corrected chi connectivity index (χ3v) is 5.71. The maximum absolute atomic E-state index is 12.1. The van der Waals surface area contributed by atoms with Crippen LogP contribution in [0.25, 0.3) is 0 Å². The summed E-state index contributed by atoms with van der Waals surface area (Å²) in [5.74, 6) is -1.29. The number of nitrogens with one attached hydrogen (secondary N) is 1. The Hall–Kier alpha value is -1.03. The number of carbonyl (C=O) groups is 1. The summed E-state index contributed by atoms with van der Waals surface area (Å²) >= 11 is 1.45. The molecule has 1 saturated heterocycles. The Labute approximate surface area is 121 Å². The van der Waals surface area contributed by atoms with Crippen LogP contribution in [0.2, 0.25) is 0 Å². The predicted molar refractivity (Wildman–Crippen MR) is 74.5 cm³/mol. The van der Waals surface area contributed by atoms with Crippen molar-refractivity contribution in [3.8, 4) is 0 Å². The first kappa shape index (κ1) is 15.4. The number of carboxylic acid groups (broad SMARTS) is 1. The Morgan fingerprint density at radius 3 is 2.70 bits per heavy atom. The summed E-state index contributed by atoms with van der Waals surface area (Å²) in [5, 5.41) is 9.78. The second kappa shape index (κ2) is 6.17. The van der Waals surface area contributed by atoms with Crippen LogP contribution in [0.1, 0.15) is 22.7 Å². The van der Waals surface area contributed by atoms with Gasteiger partial charge in [-0.1, -0.05) is 0 Å². The van der Waals surface area contributed by atoms with Crippen molar-refractivity contribution in [1.82, 2.24) is 14.0 Å². The van der Waals surface area contributed by atoms with Gasteiger partial charge in [0.25, 0.3) is 10.2 Å². The van der Waals surface area contributed by atoms with Crippen molar-refractivity contribution in [1.29, 1.82) is 0 Å². The Bertz CT molecular complexity index is 576. The van der Waals surface area contributed by atoms with E-state index in [9.17, 15) is 13.2 Å². The number of aliphatic carboxylic acids is 1. The molecule has 20 heavy (non-hydrogen) atoms. The number of aryl methyl sites for hydroxylation is 1. The fourth-order valence-corrected chi connectivity index (χ4v) is 4.12. The zero-order valence-corrected chi connectivity index (χ0v) is 12.7. The van der Waals surface area contributed by atoms with E-state index in [-0.39, 0.29) is 19.6 Å². The highest BCUT2D eigenvalue weighted by Gasteiger charge is 2.30. The number of piperidine rings is 1. The van der Waals surface area contributed by atoms with Crippen molar-refractivity contribution >= 4 is 27.5 Å². The average molecular weight is 319 g/mol. The Balaban J connectivity index is 1.89. The number of hydrogen-bond acceptors (Lipinski definition) is 5. The standard InChI is InChI=1S/C11H17N3O4S2/c1-8-12-6-10(19-8)7-13-20(17,18)14-4-2-9(3-5-14)11(15)16/h6,9,13H,2-5,7H2,1H3,(H,15,16). The molecule has 0 saturated carbocycles. The molecule has 2 N–H and O–H groups in total. The number of carboxylic acids is 1. The third kappa shape index (κ3) is 3.75. The van der Waals surface area contributed by atoms with Gasteiger partial charge < -0.3 is 5.11 Å². The molecule has 0 aromatic carbocycles. The van der Waals surface area contributed by atoms with E-state index < -0.39 is 22.1 Å². The number of aromatic nitrogens is 1. The summed E-state index contributed by atoms with van der Waals surface area (Å²) in [7, 11) is -3.55. The molecule has 0 atom stereocenters. The molecule has 7 nitrogen and oxygen atoms in total. The van der Waals surface area contributed by atoms with Gasteiger partial charge in [-0.15, -0.1) is 11.3 Å². The van der Waals surface area contributed by atoms with Gasteiger partial charge >= 0.3 is 5.97 Å². The fourth-order valence-electron chi connectivity index (χ4n) is 2.08. The van der Waals surface area contributed by atoms with Crippen molar-refractivity contribution < 1.29 is 18.3 Å². The molecule has 1 fully saturated rings. The van der Waals surface area contributed by atoms with E-state index in [0.717, 1.165) is 9.88 Å². The van der Waals surface area contributed by atoms with E-state index >= 15 is 0 Å². The third-order valence-electron chi connectivity index (χ3n) is 3.24. The van der Waals surface area contributed by atoms with Gasteiger partial charge in [-0.3, -0.25) is 4.79 Å². The topological polar surface area (TPSA) is 99.6 Å². The van der Waals surface area contributed by atoms with Crippen LogP contribution in [0, 0.1) is 12.8 Å². The molecule has 1 aromatic rings. The summed E-state index contributed by atoms with van der Waals surface area (Å²) < 4.78 is 28.0. The van der Waals surface area contributed by atoms with E-state index in [1.165, 1.54) is 15.6 Å². The highest BCUT2D eigenvalue weighted by molar-refractivity contribution is 7.87. The molecule has 0 radical (unpaired) electrons. The van der Waals surface area contributed by atoms with Gasteiger partial charge in [0.1, 0.15) is 0 Å². The molecule has 0 bridgehead atoms. The minimum atomic E-state index is -3.55. The predicted octanol–water partition coefficient (Wildman–Crippen LogP) is 0.583. The maximum Gasteiger partial charge on any atom is 0.306 e. The summed E-state index contributed by atoms with van der Waals surface area (Å²) in [4.78, 5) is 15.8.